The summed E-state index contributed by atoms with van der Waals surface area (Å²) in [6.45, 7) is 2.92. The topological polar surface area (TPSA) is 106 Å². The number of alkyl carbamates (subject to hydrolysis) is 1. The first-order valence-corrected chi connectivity index (χ1v) is 11.4. The number of quaternary nitrogens is 1. The van der Waals surface area contributed by atoms with Crippen molar-refractivity contribution in [2.45, 2.75) is 51.6 Å². The Morgan fingerprint density at radius 2 is 1.68 bits per heavy atom. The molecule has 0 aliphatic rings. The van der Waals surface area contributed by atoms with Crippen molar-refractivity contribution < 1.29 is 37.3 Å². The van der Waals surface area contributed by atoms with E-state index in [9.17, 15) is 14.3 Å². The van der Waals surface area contributed by atoms with Crippen LogP contribution in [0.5, 0.6) is 0 Å². The number of likely N-dealkylation sites (N-methyl/N-ethyl adjacent to an activating group) is 1. The van der Waals surface area contributed by atoms with Crippen molar-refractivity contribution in [3.63, 3.8) is 0 Å². The number of nitrogens with one attached hydrogen (secondary N) is 1. The zero-order chi connectivity index (χ0) is 21.5. The molecule has 0 rings (SSSR count). The fraction of sp³-hybridized carbons (Fsp3) is 0.944. The molecule has 2 unspecified atom stereocenters. The van der Waals surface area contributed by atoms with Crippen LogP contribution in [0, 0.1) is 0 Å². The highest BCUT2D eigenvalue weighted by molar-refractivity contribution is 7.45. The van der Waals surface area contributed by atoms with Crippen LogP contribution in [-0.2, 0) is 23.1 Å². The number of ether oxygens (including phenoxy) is 2. The molecule has 0 spiro atoms. The van der Waals surface area contributed by atoms with Crippen molar-refractivity contribution in [2.24, 2.45) is 0 Å². The Balaban J connectivity index is 4.22. The molecule has 0 bridgehead atoms. The summed E-state index contributed by atoms with van der Waals surface area (Å²) in [6, 6.07) is 0. The second-order valence-corrected chi connectivity index (χ2v) is 9.12. The summed E-state index contributed by atoms with van der Waals surface area (Å²) >= 11 is 0. The van der Waals surface area contributed by atoms with E-state index in [1.54, 1.807) is 0 Å². The largest absolute Gasteiger partial charge is 0.756 e. The predicted octanol–water partition coefficient (Wildman–Crippen LogP) is 2.30. The normalized spacial score (nSPS) is 15.1. The van der Waals surface area contributed by atoms with Gasteiger partial charge < -0.3 is 33.2 Å². The monoisotopic (exact) mass is 426 g/mol. The highest BCUT2D eigenvalue weighted by Crippen LogP contribution is 2.38. The smallest absolute Gasteiger partial charge is 0.407 e. The van der Waals surface area contributed by atoms with Crippen LogP contribution in [0.2, 0.25) is 0 Å². The minimum atomic E-state index is -4.47. The van der Waals surface area contributed by atoms with Crippen molar-refractivity contribution in [3.8, 4) is 0 Å². The van der Waals surface area contributed by atoms with Gasteiger partial charge in [-0.3, -0.25) is 4.57 Å². The molecule has 0 saturated carbocycles. The van der Waals surface area contributed by atoms with Gasteiger partial charge in [0.15, 0.2) is 6.10 Å². The van der Waals surface area contributed by atoms with Gasteiger partial charge in [0, 0.05) is 13.7 Å². The number of unbranched alkanes of at least 4 members (excludes halogenated alkanes) is 5. The third kappa shape index (κ3) is 17.4. The Labute approximate surface area is 169 Å². The number of carbonyl (C=O) groups excluding carboxylic acids is 1. The zero-order valence-electron chi connectivity index (χ0n) is 18.1. The van der Waals surface area contributed by atoms with Gasteiger partial charge in [-0.25, -0.2) is 4.79 Å². The molecular formula is C18H39N2O7P. The van der Waals surface area contributed by atoms with Gasteiger partial charge in [-0.1, -0.05) is 39.0 Å². The molecule has 1 amide bonds. The Hall–Kier alpha value is -0.700. The molecule has 0 aliphatic carbocycles. The molecule has 10 heteroatoms. The summed E-state index contributed by atoms with van der Waals surface area (Å²) in [5.41, 5.74) is 0. The van der Waals surface area contributed by atoms with E-state index in [0.717, 1.165) is 12.8 Å². The van der Waals surface area contributed by atoms with E-state index in [-0.39, 0.29) is 19.8 Å². The predicted molar refractivity (Wildman–Crippen MR) is 106 cm³/mol. The Morgan fingerprint density at radius 3 is 2.29 bits per heavy atom. The lowest BCUT2D eigenvalue weighted by Gasteiger charge is -2.28. The first-order chi connectivity index (χ1) is 13.1. The van der Waals surface area contributed by atoms with Crippen LogP contribution in [0.15, 0.2) is 0 Å². The van der Waals surface area contributed by atoms with E-state index >= 15 is 0 Å². The van der Waals surface area contributed by atoms with E-state index in [4.69, 9.17) is 18.5 Å². The van der Waals surface area contributed by atoms with Crippen LogP contribution in [0.25, 0.3) is 0 Å². The lowest BCUT2D eigenvalue weighted by Crippen LogP contribution is -2.37. The Bertz CT molecular complexity index is 458. The fourth-order valence-corrected chi connectivity index (χ4v) is 2.89. The average molecular weight is 426 g/mol. The van der Waals surface area contributed by atoms with Gasteiger partial charge in [0.1, 0.15) is 13.2 Å². The van der Waals surface area contributed by atoms with Crippen molar-refractivity contribution in [1.82, 2.24) is 5.32 Å². The number of rotatable bonds is 17. The Kier molecular flexibility index (Phi) is 14.8. The summed E-state index contributed by atoms with van der Waals surface area (Å²) in [6.07, 6.45) is 5.30. The first-order valence-electron chi connectivity index (χ1n) is 9.96. The van der Waals surface area contributed by atoms with Gasteiger partial charge >= 0.3 is 6.09 Å². The highest BCUT2D eigenvalue weighted by atomic mass is 31.2. The molecule has 0 heterocycles. The molecule has 9 nitrogen and oxygen atoms in total. The summed E-state index contributed by atoms with van der Waals surface area (Å²) in [7, 11) is 2.72. The molecule has 0 radical (unpaired) electrons. The van der Waals surface area contributed by atoms with E-state index in [2.05, 4.69) is 12.2 Å². The average Bonchev–Trinajstić information content (AvgIpc) is 2.60. The minimum absolute atomic E-state index is 0.0137. The molecule has 0 aliphatic heterocycles. The molecule has 168 valence electrons. The third-order valence-corrected chi connectivity index (χ3v) is 4.82. The van der Waals surface area contributed by atoms with Gasteiger partial charge in [-0.2, -0.15) is 0 Å². The number of carbonyl (C=O) groups is 1. The second kappa shape index (κ2) is 15.2. The summed E-state index contributed by atoms with van der Waals surface area (Å²) in [5, 5.41) is 2.32. The molecule has 0 aromatic rings. The number of phosphoric ester groups is 1. The Morgan fingerprint density at radius 1 is 1.04 bits per heavy atom. The lowest BCUT2D eigenvalue weighted by atomic mass is 10.1. The van der Waals surface area contributed by atoms with Gasteiger partial charge in [-0.05, 0) is 6.42 Å². The van der Waals surface area contributed by atoms with E-state index < -0.39 is 20.0 Å². The first kappa shape index (κ1) is 27.3. The number of hydrogen-bond donors (Lipinski definition) is 1. The molecule has 2 atom stereocenters. The number of hydrogen-bond acceptors (Lipinski definition) is 7. The van der Waals surface area contributed by atoms with E-state index in [1.807, 2.05) is 21.1 Å². The van der Waals surface area contributed by atoms with Crippen LogP contribution < -0.4 is 10.2 Å². The standard InChI is InChI=1S/C18H39N2O7P/c1-6-7-8-9-10-11-13-24-15-17(27-18(21)19-2)16-26-28(22,23)25-14-12-20(3,4)5/h17H,6-16H2,1-5H3,(H-,19,21,22,23). The van der Waals surface area contributed by atoms with E-state index in [0.29, 0.717) is 17.6 Å². The van der Waals surface area contributed by atoms with Crippen molar-refractivity contribution in [2.75, 3.05) is 61.2 Å². The van der Waals surface area contributed by atoms with Gasteiger partial charge in [0.25, 0.3) is 7.82 Å². The molecule has 28 heavy (non-hydrogen) atoms. The highest BCUT2D eigenvalue weighted by Gasteiger charge is 2.19. The molecule has 0 aromatic heterocycles. The fourth-order valence-electron chi connectivity index (χ4n) is 2.16. The number of amides is 1. The summed E-state index contributed by atoms with van der Waals surface area (Å²) < 4.78 is 32.7. The molecule has 0 aromatic carbocycles. The van der Waals surface area contributed by atoms with Crippen molar-refractivity contribution in [1.29, 1.82) is 0 Å². The van der Waals surface area contributed by atoms with Gasteiger partial charge in [-0.15, -0.1) is 0 Å². The summed E-state index contributed by atoms with van der Waals surface area (Å²) in [4.78, 5) is 23.3. The van der Waals surface area contributed by atoms with Crippen molar-refractivity contribution in [3.05, 3.63) is 0 Å². The third-order valence-electron chi connectivity index (χ3n) is 3.85. The zero-order valence-corrected chi connectivity index (χ0v) is 19.0. The molecule has 1 N–H and O–H groups in total. The maximum Gasteiger partial charge on any atom is 0.407 e. The minimum Gasteiger partial charge on any atom is -0.756 e. The molecule has 0 fully saturated rings. The van der Waals surface area contributed by atoms with Crippen LogP contribution in [0.4, 0.5) is 4.79 Å². The van der Waals surface area contributed by atoms with Crippen LogP contribution in [-0.4, -0.2) is 77.8 Å². The van der Waals surface area contributed by atoms with Crippen LogP contribution in [0.1, 0.15) is 45.4 Å². The van der Waals surface area contributed by atoms with Gasteiger partial charge in [0.05, 0.1) is 34.4 Å². The molecular weight excluding hydrogens is 387 g/mol. The second-order valence-electron chi connectivity index (χ2n) is 7.71. The van der Waals surface area contributed by atoms with Crippen LogP contribution in [0.3, 0.4) is 0 Å². The van der Waals surface area contributed by atoms with Crippen LogP contribution >= 0.6 is 7.82 Å². The maximum absolute atomic E-state index is 11.9. The summed E-state index contributed by atoms with van der Waals surface area (Å²) in [5.74, 6) is 0. The lowest BCUT2D eigenvalue weighted by molar-refractivity contribution is -0.870. The van der Waals surface area contributed by atoms with Gasteiger partial charge in [0.2, 0.25) is 0 Å². The maximum atomic E-state index is 11.9. The van der Waals surface area contributed by atoms with Crippen molar-refractivity contribution >= 4 is 13.9 Å². The molecule has 0 saturated heterocycles. The SMILES string of the molecule is CCCCCCCCOCC(COP(=O)([O-])OCC[N+](C)(C)C)OC(=O)NC. The number of phosphoric acid groups is 1. The quantitative estimate of drug-likeness (QED) is 0.216. The number of nitrogens with zero attached hydrogens (tertiary/aromatic N) is 1. The van der Waals surface area contributed by atoms with E-state index in [1.165, 1.54) is 32.7 Å².